The van der Waals surface area contributed by atoms with E-state index in [0.717, 1.165) is 23.3 Å². The molecular weight excluding hydrogens is 338 g/mol. The molecule has 0 spiro atoms. The standard InChI is InChI=1S/C20H16F2N2O2/c21-17-9-16(10-18(22)11-17)20(26)23-12-14-4-6-15(7-5-14)13-24-8-2-1-3-19(24)25/h1-11H,12-13H2,(H,23,26). The van der Waals surface area contributed by atoms with Gasteiger partial charge in [0.25, 0.3) is 11.5 Å². The fourth-order valence-electron chi connectivity index (χ4n) is 2.52. The van der Waals surface area contributed by atoms with Gasteiger partial charge in [0.05, 0.1) is 6.54 Å². The summed E-state index contributed by atoms with van der Waals surface area (Å²) < 4.78 is 27.9. The van der Waals surface area contributed by atoms with Crippen molar-refractivity contribution < 1.29 is 13.6 Å². The van der Waals surface area contributed by atoms with Gasteiger partial charge >= 0.3 is 0 Å². The first kappa shape index (κ1) is 17.5. The van der Waals surface area contributed by atoms with Crippen molar-refractivity contribution in [3.8, 4) is 0 Å². The van der Waals surface area contributed by atoms with Crippen LogP contribution in [0.3, 0.4) is 0 Å². The molecule has 0 fully saturated rings. The van der Waals surface area contributed by atoms with E-state index in [0.29, 0.717) is 12.6 Å². The second-order valence-corrected chi connectivity index (χ2v) is 5.82. The van der Waals surface area contributed by atoms with Gasteiger partial charge in [-0.2, -0.15) is 0 Å². The zero-order chi connectivity index (χ0) is 18.5. The Bertz CT molecular complexity index is 961. The Balaban J connectivity index is 1.61. The summed E-state index contributed by atoms with van der Waals surface area (Å²) in [5.74, 6) is -2.14. The van der Waals surface area contributed by atoms with Gasteiger partial charge in [0.1, 0.15) is 11.6 Å². The third kappa shape index (κ3) is 4.42. The van der Waals surface area contributed by atoms with Gasteiger partial charge in [-0.3, -0.25) is 9.59 Å². The van der Waals surface area contributed by atoms with Crippen molar-refractivity contribution in [2.45, 2.75) is 13.1 Å². The smallest absolute Gasteiger partial charge is 0.251 e. The molecule has 0 aliphatic carbocycles. The third-order valence-electron chi connectivity index (χ3n) is 3.85. The molecule has 132 valence electrons. The second-order valence-electron chi connectivity index (χ2n) is 5.82. The molecule has 26 heavy (non-hydrogen) atoms. The third-order valence-corrected chi connectivity index (χ3v) is 3.85. The van der Waals surface area contributed by atoms with E-state index < -0.39 is 17.5 Å². The lowest BCUT2D eigenvalue weighted by atomic mass is 10.1. The van der Waals surface area contributed by atoms with E-state index in [2.05, 4.69) is 5.32 Å². The van der Waals surface area contributed by atoms with Crippen molar-refractivity contribution in [2.24, 2.45) is 0 Å². The quantitative estimate of drug-likeness (QED) is 0.765. The Labute approximate surface area is 148 Å². The van der Waals surface area contributed by atoms with Crippen LogP contribution in [0.5, 0.6) is 0 Å². The first-order valence-corrected chi connectivity index (χ1v) is 7.99. The lowest BCUT2D eigenvalue weighted by Crippen LogP contribution is -2.23. The Morgan fingerprint density at radius 3 is 2.23 bits per heavy atom. The van der Waals surface area contributed by atoms with Crippen molar-refractivity contribution in [1.82, 2.24) is 9.88 Å². The lowest BCUT2D eigenvalue weighted by molar-refractivity contribution is 0.0950. The minimum absolute atomic E-state index is 0.0671. The maximum atomic E-state index is 13.2. The van der Waals surface area contributed by atoms with Crippen molar-refractivity contribution in [3.05, 3.63) is 106 Å². The fourth-order valence-corrected chi connectivity index (χ4v) is 2.52. The molecule has 3 rings (SSSR count). The fraction of sp³-hybridized carbons (Fsp3) is 0.100. The largest absolute Gasteiger partial charge is 0.348 e. The molecule has 6 heteroatoms. The van der Waals surface area contributed by atoms with Crippen molar-refractivity contribution >= 4 is 5.91 Å². The maximum Gasteiger partial charge on any atom is 0.251 e. The molecular formula is C20H16F2N2O2. The molecule has 0 radical (unpaired) electrons. The van der Waals surface area contributed by atoms with Gasteiger partial charge < -0.3 is 9.88 Å². The number of pyridine rings is 1. The Kier molecular flexibility index (Phi) is 5.22. The molecule has 1 heterocycles. The summed E-state index contributed by atoms with van der Waals surface area (Å²) in [6.45, 7) is 0.678. The van der Waals surface area contributed by atoms with Gasteiger partial charge in [0, 0.05) is 30.4 Å². The summed E-state index contributed by atoms with van der Waals surface area (Å²) in [6, 6.07) is 15.1. The number of halogens is 2. The first-order chi connectivity index (χ1) is 12.5. The molecule has 0 saturated carbocycles. The van der Waals surface area contributed by atoms with E-state index in [1.165, 1.54) is 6.07 Å². The van der Waals surface area contributed by atoms with Gasteiger partial charge in [-0.25, -0.2) is 8.78 Å². The van der Waals surface area contributed by atoms with Crippen LogP contribution < -0.4 is 10.9 Å². The zero-order valence-electron chi connectivity index (χ0n) is 13.8. The summed E-state index contributed by atoms with van der Waals surface area (Å²) in [5, 5.41) is 2.62. The predicted octanol–water partition coefficient (Wildman–Crippen LogP) is 3.10. The molecule has 3 aromatic rings. The predicted molar refractivity (Wildman–Crippen MR) is 93.8 cm³/mol. The van der Waals surface area contributed by atoms with Gasteiger partial charge in [0.15, 0.2) is 0 Å². The van der Waals surface area contributed by atoms with Crippen LogP contribution in [-0.4, -0.2) is 10.5 Å². The van der Waals surface area contributed by atoms with E-state index in [-0.39, 0.29) is 17.7 Å². The number of carbonyl (C=O) groups is 1. The average molecular weight is 354 g/mol. The number of nitrogens with zero attached hydrogens (tertiary/aromatic N) is 1. The Hall–Kier alpha value is -3.28. The van der Waals surface area contributed by atoms with Crippen LogP contribution in [0.1, 0.15) is 21.5 Å². The first-order valence-electron chi connectivity index (χ1n) is 7.99. The molecule has 0 saturated heterocycles. The van der Waals surface area contributed by atoms with Gasteiger partial charge in [-0.15, -0.1) is 0 Å². The van der Waals surface area contributed by atoms with E-state index in [4.69, 9.17) is 0 Å². The molecule has 1 aromatic heterocycles. The minimum atomic E-state index is -0.796. The van der Waals surface area contributed by atoms with Crippen molar-refractivity contribution in [1.29, 1.82) is 0 Å². The highest BCUT2D eigenvalue weighted by Gasteiger charge is 2.09. The number of aromatic nitrogens is 1. The zero-order valence-corrected chi connectivity index (χ0v) is 13.8. The van der Waals surface area contributed by atoms with E-state index in [1.54, 1.807) is 22.9 Å². The highest BCUT2D eigenvalue weighted by atomic mass is 19.1. The van der Waals surface area contributed by atoms with Crippen LogP contribution in [0.4, 0.5) is 8.78 Å². The summed E-state index contributed by atoms with van der Waals surface area (Å²) in [7, 11) is 0. The van der Waals surface area contributed by atoms with Gasteiger partial charge in [-0.05, 0) is 29.3 Å². The number of nitrogens with one attached hydrogen (secondary N) is 1. The summed E-state index contributed by atoms with van der Waals surface area (Å²) in [4.78, 5) is 23.7. The summed E-state index contributed by atoms with van der Waals surface area (Å²) >= 11 is 0. The Morgan fingerprint density at radius 1 is 0.923 bits per heavy atom. The number of amides is 1. The number of hydrogen-bond acceptors (Lipinski definition) is 2. The summed E-state index contributed by atoms with van der Waals surface area (Å²) in [6.07, 6.45) is 1.72. The van der Waals surface area contributed by atoms with Crippen molar-refractivity contribution in [3.63, 3.8) is 0 Å². The molecule has 1 N–H and O–H groups in total. The number of carbonyl (C=O) groups excluding carboxylic acids is 1. The number of rotatable bonds is 5. The van der Waals surface area contributed by atoms with Crippen LogP contribution in [-0.2, 0) is 13.1 Å². The molecule has 0 aliphatic rings. The monoisotopic (exact) mass is 354 g/mol. The van der Waals surface area contributed by atoms with Gasteiger partial charge in [0.2, 0.25) is 0 Å². The van der Waals surface area contributed by atoms with E-state index >= 15 is 0 Å². The lowest BCUT2D eigenvalue weighted by Gasteiger charge is -2.08. The molecule has 1 amide bonds. The molecule has 2 aromatic carbocycles. The highest BCUT2D eigenvalue weighted by molar-refractivity contribution is 5.94. The molecule has 4 nitrogen and oxygen atoms in total. The summed E-state index contributed by atoms with van der Waals surface area (Å²) in [5.41, 5.74) is 1.63. The maximum absolute atomic E-state index is 13.2. The Morgan fingerprint density at radius 2 is 1.58 bits per heavy atom. The number of benzene rings is 2. The van der Waals surface area contributed by atoms with Crippen LogP contribution in [0.15, 0.2) is 71.7 Å². The topological polar surface area (TPSA) is 51.1 Å². The van der Waals surface area contributed by atoms with Crippen LogP contribution in [0.2, 0.25) is 0 Å². The van der Waals surface area contributed by atoms with Crippen molar-refractivity contribution in [2.75, 3.05) is 0 Å². The SMILES string of the molecule is O=C(NCc1ccc(Cn2ccccc2=O)cc1)c1cc(F)cc(F)c1. The van der Waals surface area contributed by atoms with Gasteiger partial charge in [-0.1, -0.05) is 30.3 Å². The van der Waals surface area contributed by atoms with E-state index in [9.17, 15) is 18.4 Å². The highest BCUT2D eigenvalue weighted by Crippen LogP contribution is 2.09. The van der Waals surface area contributed by atoms with Crippen LogP contribution in [0, 0.1) is 11.6 Å². The second kappa shape index (κ2) is 7.74. The molecule has 0 aliphatic heterocycles. The average Bonchev–Trinajstić information content (AvgIpc) is 2.62. The normalized spacial score (nSPS) is 10.5. The minimum Gasteiger partial charge on any atom is -0.348 e. The van der Waals surface area contributed by atoms with E-state index in [1.807, 2.05) is 24.3 Å². The number of hydrogen-bond donors (Lipinski definition) is 1. The van der Waals surface area contributed by atoms with Crippen LogP contribution >= 0.6 is 0 Å². The molecule has 0 bridgehead atoms. The molecule has 0 unspecified atom stereocenters. The van der Waals surface area contributed by atoms with Crippen LogP contribution in [0.25, 0.3) is 0 Å². The molecule has 0 atom stereocenters.